The number of phenolic OH excluding ortho intramolecular Hbond substituents is 1. The molecule has 0 aliphatic carbocycles. The van der Waals surface area contributed by atoms with Crippen molar-refractivity contribution in [2.75, 3.05) is 19.6 Å². The number of nitrogens with zero attached hydrogens (tertiary/aromatic N) is 1. The van der Waals surface area contributed by atoms with Crippen LogP contribution in [0.3, 0.4) is 0 Å². The molecule has 0 fully saturated rings. The Hall–Kier alpha value is -1.02. The van der Waals surface area contributed by atoms with E-state index in [2.05, 4.69) is 18.7 Å². The summed E-state index contributed by atoms with van der Waals surface area (Å²) in [7, 11) is 0. The van der Waals surface area contributed by atoms with E-state index in [1.807, 2.05) is 12.1 Å². The molecule has 1 aromatic carbocycles. The quantitative estimate of drug-likeness (QED) is 0.715. The van der Waals surface area contributed by atoms with Crippen LogP contribution in [-0.2, 0) is 6.42 Å². The molecule has 0 unspecified atom stereocenters. The van der Waals surface area contributed by atoms with Gasteiger partial charge in [-0.2, -0.15) is 0 Å². The highest BCUT2D eigenvalue weighted by atomic mass is 16.3. The minimum absolute atomic E-state index is 0.354. The van der Waals surface area contributed by atoms with E-state index < -0.39 is 0 Å². The summed E-state index contributed by atoms with van der Waals surface area (Å²) in [5.74, 6) is 0.354. The second-order valence-electron chi connectivity index (χ2n) is 4.15. The summed E-state index contributed by atoms with van der Waals surface area (Å²) >= 11 is 0. The summed E-state index contributed by atoms with van der Waals surface area (Å²) in [6, 6.07) is 7.54. The lowest BCUT2D eigenvalue weighted by atomic mass is 10.1. The normalized spacial score (nSPS) is 10.9. The Morgan fingerprint density at radius 1 is 1.00 bits per heavy atom. The van der Waals surface area contributed by atoms with Gasteiger partial charge < -0.3 is 10.0 Å². The first kappa shape index (κ1) is 13.0. The van der Waals surface area contributed by atoms with Gasteiger partial charge in [-0.15, -0.1) is 0 Å². The third-order valence-corrected chi connectivity index (χ3v) is 3.02. The van der Waals surface area contributed by atoms with Gasteiger partial charge in [0, 0.05) is 0 Å². The van der Waals surface area contributed by atoms with Gasteiger partial charge in [0.1, 0.15) is 5.75 Å². The molecule has 0 heterocycles. The van der Waals surface area contributed by atoms with Crippen LogP contribution in [0.5, 0.6) is 5.75 Å². The van der Waals surface area contributed by atoms with Crippen molar-refractivity contribution in [1.82, 2.24) is 4.90 Å². The Kier molecular flexibility index (Phi) is 5.94. The molecule has 0 bridgehead atoms. The second-order valence-corrected chi connectivity index (χ2v) is 4.15. The number of aryl methyl sites for hydroxylation is 1. The van der Waals surface area contributed by atoms with Crippen molar-refractivity contribution in [3.8, 4) is 5.75 Å². The highest BCUT2D eigenvalue weighted by Gasteiger charge is 1.99. The third-order valence-electron chi connectivity index (χ3n) is 3.02. The number of benzene rings is 1. The monoisotopic (exact) mass is 221 g/mol. The van der Waals surface area contributed by atoms with Gasteiger partial charge in [0.05, 0.1) is 0 Å². The van der Waals surface area contributed by atoms with Gasteiger partial charge in [0.25, 0.3) is 0 Å². The lowest BCUT2D eigenvalue weighted by molar-refractivity contribution is 0.297. The Balaban J connectivity index is 2.18. The summed E-state index contributed by atoms with van der Waals surface area (Å²) in [6.45, 7) is 7.92. The van der Waals surface area contributed by atoms with Crippen molar-refractivity contribution in [3.05, 3.63) is 29.8 Å². The lowest BCUT2D eigenvalue weighted by Gasteiger charge is -2.17. The van der Waals surface area contributed by atoms with E-state index in [0.29, 0.717) is 5.75 Å². The number of aromatic hydroxyl groups is 1. The average Bonchev–Trinajstić information content (AvgIpc) is 2.32. The predicted octanol–water partition coefficient (Wildman–Crippen LogP) is 3.06. The van der Waals surface area contributed by atoms with Gasteiger partial charge in [-0.25, -0.2) is 0 Å². The molecule has 0 amide bonds. The Morgan fingerprint density at radius 2 is 1.62 bits per heavy atom. The van der Waals surface area contributed by atoms with E-state index in [-0.39, 0.29) is 0 Å². The van der Waals surface area contributed by atoms with Crippen LogP contribution < -0.4 is 0 Å². The van der Waals surface area contributed by atoms with Crippen LogP contribution in [0, 0.1) is 0 Å². The van der Waals surface area contributed by atoms with Gasteiger partial charge in [0.15, 0.2) is 0 Å². The van der Waals surface area contributed by atoms with E-state index in [1.165, 1.54) is 24.9 Å². The molecule has 0 aliphatic rings. The number of hydrogen-bond donors (Lipinski definition) is 1. The van der Waals surface area contributed by atoms with Crippen LogP contribution in [0.4, 0.5) is 0 Å². The van der Waals surface area contributed by atoms with Crippen molar-refractivity contribution in [1.29, 1.82) is 0 Å². The highest BCUT2D eigenvalue weighted by molar-refractivity contribution is 5.25. The van der Waals surface area contributed by atoms with Gasteiger partial charge >= 0.3 is 0 Å². The molecule has 0 spiro atoms. The van der Waals surface area contributed by atoms with Crippen LogP contribution in [0.15, 0.2) is 24.3 Å². The number of hydrogen-bond acceptors (Lipinski definition) is 2. The van der Waals surface area contributed by atoms with E-state index in [1.54, 1.807) is 12.1 Å². The summed E-state index contributed by atoms with van der Waals surface area (Å²) in [4.78, 5) is 2.46. The molecule has 1 aromatic rings. The van der Waals surface area contributed by atoms with Crippen LogP contribution in [0.1, 0.15) is 32.3 Å². The van der Waals surface area contributed by atoms with Crippen molar-refractivity contribution >= 4 is 0 Å². The number of phenols is 1. The maximum absolute atomic E-state index is 9.16. The SMILES string of the molecule is CCN(CC)CCCCc1ccc(O)cc1. The molecular weight excluding hydrogens is 198 g/mol. The average molecular weight is 221 g/mol. The summed E-state index contributed by atoms with van der Waals surface area (Å²) in [5, 5.41) is 9.16. The molecule has 1 rings (SSSR count). The molecule has 0 atom stereocenters. The van der Waals surface area contributed by atoms with Crippen molar-refractivity contribution in [2.45, 2.75) is 33.1 Å². The minimum Gasteiger partial charge on any atom is -0.508 e. The molecular formula is C14H23NO. The first-order valence-corrected chi connectivity index (χ1v) is 6.26. The summed E-state index contributed by atoms with van der Waals surface area (Å²) in [5.41, 5.74) is 1.32. The fraction of sp³-hybridized carbons (Fsp3) is 0.571. The van der Waals surface area contributed by atoms with E-state index in [0.717, 1.165) is 19.5 Å². The van der Waals surface area contributed by atoms with Crippen molar-refractivity contribution < 1.29 is 5.11 Å². The van der Waals surface area contributed by atoms with Crippen molar-refractivity contribution in [3.63, 3.8) is 0 Å². The first-order chi connectivity index (χ1) is 7.76. The molecule has 1 N–H and O–H groups in total. The Bertz CT molecular complexity index is 277. The van der Waals surface area contributed by atoms with Gasteiger partial charge in [-0.1, -0.05) is 26.0 Å². The van der Waals surface area contributed by atoms with E-state index in [9.17, 15) is 0 Å². The first-order valence-electron chi connectivity index (χ1n) is 6.26. The molecule has 0 saturated heterocycles. The zero-order valence-electron chi connectivity index (χ0n) is 10.4. The summed E-state index contributed by atoms with van der Waals surface area (Å²) < 4.78 is 0. The number of rotatable bonds is 7. The zero-order chi connectivity index (χ0) is 11.8. The van der Waals surface area contributed by atoms with E-state index in [4.69, 9.17) is 5.11 Å². The maximum atomic E-state index is 9.16. The van der Waals surface area contributed by atoms with E-state index >= 15 is 0 Å². The molecule has 0 aromatic heterocycles. The van der Waals surface area contributed by atoms with Crippen molar-refractivity contribution in [2.24, 2.45) is 0 Å². The van der Waals surface area contributed by atoms with Gasteiger partial charge in [-0.05, 0) is 56.6 Å². The molecule has 0 radical (unpaired) electrons. The predicted molar refractivity (Wildman–Crippen MR) is 68.8 cm³/mol. The minimum atomic E-state index is 0.354. The fourth-order valence-corrected chi connectivity index (χ4v) is 1.87. The molecule has 0 saturated carbocycles. The molecule has 2 heteroatoms. The molecule has 16 heavy (non-hydrogen) atoms. The standard InChI is InChI=1S/C14H23NO/c1-3-15(4-2)12-6-5-7-13-8-10-14(16)11-9-13/h8-11,16H,3-7,12H2,1-2H3. The third kappa shape index (κ3) is 4.67. The molecule has 90 valence electrons. The van der Waals surface area contributed by atoms with Crippen LogP contribution in [-0.4, -0.2) is 29.6 Å². The van der Waals surface area contributed by atoms with Crippen LogP contribution >= 0.6 is 0 Å². The van der Waals surface area contributed by atoms with Gasteiger partial charge in [0.2, 0.25) is 0 Å². The maximum Gasteiger partial charge on any atom is 0.115 e. The molecule has 2 nitrogen and oxygen atoms in total. The Morgan fingerprint density at radius 3 is 2.19 bits per heavy atom. The highest BCUT2D eigenvalue weighted by Crippen LogP contribution is 2.11. The molecule has 0 aliphatic heterocycles. The smallest absolute Gasteiger partial charge is 0.115 e. The topological polar surface area (TPSA) is 23.5 Å². The Labute approximate surface area is 98.9 Å². The van der Waals surface area contributed by atoms with Gasteiger partial charge in [-0.3, -0.25) is 0 Å². The largest absolute Gasteiger partial charge is 0.508 e. The second kappa shape index (κ2) is 7.29. The van der Waals surface area contributed by atoms with Crippen LogP contribution in [0.25, 0.3) is 0 Å². The van der Waals surface area contributed by atoms with Crippen LogP contribution in [0.2, 0.25) is 0 Å². The zero-order valence-corrected chi connectivity index (χ0v) is 10.4. The fourth-order valence-electron chi connectivity index (χ4n) is 1.87. The lowest BCUT2D eigenvalue weighted by Crippen LogP contribution is -2.23. The number of unbranched alkanes of at least 4 members (excludes halogenated alkanes) is 1. The summed E-state index contributed by atoms with van der Waals surface area (Å²) in [6.07, 6.45) is 3.59.